The monoisotopic (exact) mass is 539 g/mol. The molecule has 0 aromatic heterocycles. The maximum absolute atomic E-state index is 14.1. The smallest absolute Gasteiger partial charge is 0.251 e. The standard InChI is InChI=1S/C33H37N3O4/c1-4-19-34-32(39)30-27(25-14-9-6-10-15-25)18-20-36(30)33(40)23(3)28(21-24-12-7-5-8-13-24)35-31(38)26-16-11-17-29(37)22(26)2/h4-17,23,27-28,30,37H,1,18-21H2,2-3H3,(H,34,39)(H,35,38)/t23-,27?,28-,30?/m0/s1. The Morgan fingerprint density at radius 2 is 1.70 bits per heavy atom. The van der Waals surface area contributed by atoms with E-state index in [2.05, 4.69) is 17.2 Å². The van der Waals surface area contributed by atoms with Gasteiger partial charge in [-0.05, 0) is 43.0 Å². The maximum Gasteiger partial charge on any atom is 0.251 e. The zero-order chi connectivity index (χ0) is 28.6. The minimum Gasteiger partial charge on any atom is -0.508 e. The molecule has 3 amide bonds. The highest BCUT2D eigenvalue weighted by Crippen LogP contribution is 2.35. The lowest BCUT2D eigenvalue weighted by Gasteiger charge is -2.33. The second-order valence-electron chi connectivity index (χ2n) is 10.3. The van der Waals surface area contributed by atoms with Crippen LogP contribution in [0.3, 0.4) is 0 Å². The van der Waals surface area contributed by atoms with Crippen molar-refractivity contribution in [2.75, 3.05) is 13.1 Å². The number of hydrogen-bond acceptors (Lipinski definition) is 4. The minimum atomic E-state index is -0.668. The van der Waals surface area contributed by atoms with Crippen molar-refractivity contribution in [3.8, 4) is 5.75 Å². The molecule has 0 radical (unpaired) electrons. The highest BCUT2D eigenvalue weighted by molar-refractivity contribution is 5.97. The Balaban J connectivity index is 1.62. The molecule has 0 bridgehead atoms. The first-order chi connectivity index (χ1) is 19.3. The number of nitrogens with zero attached hydrogens (tertiary/aromatic N) is 1. The summed E-state index contributed by atoms with van der Waals surface area (Å²) in [5, 5.41) is 16.1. The predicted molar refractivity (Wildman–Crippen MR) is 156 cm³/mol. The number of likely N-dealkylation sites (tertiary alicyclic amines) is 1. The summed E-state index contributed by atoms with van der Waals surface area (Å²) in [6.45, 7) is 7.93. The molecule has 1 saturated heterocycles. The number of nitrogens with one attached hydrogen (secondary N) is 2. The quantitative estimate of drug-likeness (QED) is 0.333. The van der Waals surface area contributed by atoms with E-state index < -0.39 is 18.0 Å². The number of benzene rings is 3. The molecule has 1 heterocycles. The predicted octanol–water partition coefficient (Wildman–Crippen LogP) is 4.36. The fourth-order valence-corrected chi connectivity index (χ4v) is 5.46. The molecule has 4 rings (SSSR count). The van der Waals surface area contributed by atoms with Gasteiger partial charge < -0.3 is 20.6 Å². The fraction of sp³-hybridized carbons (Fsp3) is 0.303. The van der Waals surface area contributed by atoms with Gasteiger partial charge in [0.1, 0.15) is 11.8 Å². The zero-order valence-electron chi connectivity index (χ0n) is 23.0. The second kappa shape index (κ2) is 13.1. The van der Waals surface area contributed by atoms with E-state index in [9.17, 15) is 19.5 Å². The fourth-order valence-electron chi connectivity index (χ4n) is 5.46. The van der Waals surface area contributed by atoms with E-state index in [1.54, 1.807) is 37.0 Å². The van der Waals surface area contributed by atoms with Crippen molar-refractivity contribution in [3.05, 3.63) is 114 Å². The lowest BCUT2D eigenvalue weighted by atomic mass is 9.90. The third kappa shape index (κ3) is 6.42. The number of rotatable bonds is 10. The molecule has 208 valence electrons. The van der Waals surface area contributed by atoms with E-state index in [-0.39, 0.29) is 29.4 Å². The van der Waals surface area contributed by atoms with E-state index in [0.29, 0.717) is 37.1 Å². The number of hydrogen-bond donors (Lipinski definition) is 3. The van der Waals surface area contributed by atoms with Gasteiger partial charge in [-0.1, -0.05) is 79.7 Å². The molecular weight excluding hydrogens is 502 g/mol. The van der Waals surface area contributed by atoms with Crippen LogP contribution in [-0.2, 0) is 16.0 Å². The van der Waals surface area contributed by atoms with Crippen LogP contribution in [0.15, 0.2) is 91.5 Å². The van der Waals surface area contributed by atoms with Crippen LogP contribution in [0.1, 0.15) is 46.3 Å². The Hall–Kier alpha value is -4.39. The molecule has 1 fully saturated rings. The molecule has 3 aromatic carbocycles. The van der Waals surface area contributed by atoms with Gasteiger partial charge in [-0.25, -0.2) is 0 Å². The van der Waals surface area contributed by atoms with Crippen molar-refractivity contribution in [2.24, 2.45) is 5.92 Å². The molecule has 1 aliphatic heterocycles. The molecule has 3 N–H and O–H groups in total. The van der Waals surface area contributed by atoms with E-state index >= 15 is 0 Å². The van der Waals surface area contributed by atoms with Crippen LogP contribution in [-0.4, -0.2) is 52.9 Å². The number of aromatic hydroxyl groups is 1. The van der Waals surface area contributed by atoms with Crippen molar-refractivity contribution in [1.29, 1.82) is 0 Å². The van der Waals surface area contributed by atoms with Crippen molar-refractivity contribution in [1.82, 2.24) is 15.5 Å². The topological polar surface area (TPSA) is 98.7 Å². The lowest BCUT2D eigenvalue weighted by molar-refractivity contribution is -0.142. The highest BCUT2D eigenvalue weighted by atomic mass is 16.3. The molecule has 3 aromatic rings. The van der Waals surface area contributed by atoms with Crippen molar-refractivity contribution in [3.63, 3.8) is 0 Å². The van der Waals surface area contributed by atoms with Crippen molar-refractivity contribution in [2.45, 2.75) is 44.7 Å². The van der Waals surface area contributed by atoms with Crippen LogP contribution < -0.4 is 10.6 Å². The molecule has 0 aliphatic carbocycles. The molecule has 1 aliphatic rings. The van der Waals surface area contributed by atoms with E-state index in [0.717, 1.165) is 11.1 Å². The average molecular weight is 540 g/mol. The van der Waals surface area contributed by atoms with Gasteiger partial charge in [0.2, 0.25) is 11.8 Å². The Labute approximate surface area is 235 Å². The molecule has 7 nitrogen and oxygen atoms in total. The van der Waals surface area contributed by atoms with Gasteiger partial charge in [-0.2, -0.15) is 0 Å². The van der Waals surface area contributed by atoms with Gasteiger partial charge in [0.15, 0.2) is 0 Å². The van der Waals surface area contributed by atoms with Gasteiger partial charge in [-0.3, -0.25) is 14.4 Å². The zero-order valence-corrected chi connectivity index (χ0v) is 23.0. The summed E-state index contributed by atoms with van der Waals surface area (Å²) in [7, 11) is 0. The number of amides is 3. The summed E-state index contributed by atoms with van der Waals surface area (Å²) in [6.07, 6.45) is 2.71. The molecular formula is C33H37N3O4. The largest absolute Gasteiger partial charge is 0.508 e. The van der Waals surface area contributed by atoms with Crippen LogP contribution in [0.25, 0.3) is 0 Å². The summed E-state index contributed by atoms with van der Waals surface area (Å²) in [6, 6.07) is 23.1. The van der Waals surface area contributed by atoms with Crippen molar-refractivity contribution < 1.29 is 19.5 Å². The maximum atomic E-state index is 14.1. The van der Waals surface area contributed by atoms with Gasteiger partial charge in [-0.15, -0.1) is 6.58 Å². The van der Waals surface area contributed by atoms with Gasteiger partial charge >= 0.3 is 0 Å². The summed E-state index contributed by atoms with van der Waals surface area (Å²) < 4.78 is 0. The summed E-state index contributed by atoms with van der Waals surface area (Å²) in [5.41, 5.74) is 2.81. The number of phenolic OH excluding ortho intramolecular Hbond substituents is 1. The number of phenols is 1. The third-order valence-corrected chi connectivity index (χ3v) is 7.76. The summed E-state index contributed by atoms with van der Waals surface area (Å²) in [5.74, 6) is -1.49. The molecule has 0 saturated carbocycles. The van der Waals surface area contributed by atoms with Crippen LogP contribution in [0.4, 0.5) is 0 Å². The van der Waals surface area contributed by atoms with E-state index in [1.807, 2.05) is 60.7 Å². The first-order valence-corrected chi connectivity index (χ1v) is 13.7. The SMILES string of the molecule is C=CCNC(=O)C1C(c2ccccc2)CCN1C(=O)[C@@H](C)[C@H](Cc1ccccc1)NC(=O)c1cccc(O)c1C. The normalized spacial score (nSPS) is 18.0. The molecule has 4 atom stereocenters. The summed E-state index contributed by atoms with van der Waals surface area (Å²) in [4.78, 5) is 42.5. The lowest BCUT2D eigenvalue weighted by Crippen LogP contribution is -2.53. The molecule has 0 spiro atoms. The number of carbonyl (C=O) groups excluding carboxylic acids is 3. The Morgan fingerprint density at radius 1 is 1.02 bits per heavy atom. The first kappa shape index (κ1) is 28.6. The van der Waals surface area contributed by atoms with E-state index in [1.165, 1.54) is 6.07 Å². The third-order valence-electron chi connectivity index (χ3n) is 7.76. The second-order valence-corrected chi connectivity index (χ2v) is 10.3. The summed E-state index contributed by atoms with van der Waals surface area (Å²) >= 11 is 0. The van der Waals surface area contributed by atoms with Gasteiger partial charge in [0, 0.05) is 36.2 Å². The molecule has 2 unspecified atom stereocenters. The average Bonchev–Trinajstić information content (AvgIpc) is 3.42. The van der Waals surface area contributed by atoms with Crippen molar-refractivity contribution >= 4 is 17.7 Å². The Bertz CT molecular complexity index is 1340. The highest BCUT2D eigenvalue weighted by Gasteiger charge is 2.44. The van der Waals surface area contributed by atoms with E-state index in [4.69, 9.17) is 0 Å². The Morgan fingerprint density at radius 3 is 2.38 bits per heavy atom. The Kier molecular flexibility index (Phi) is 9.38. The van der Waals surface area contributed by atoms with Crippen LogP contribution >= 0.6 is 0 Å². The number of carbonyl (C=O) groups is 3. The molecule has 7 heteroatoms. The van der Waals surface area contributed by atoms with Crippen LogP contribution in [0, 0.1) is 12.8 Å². The molecule has 40 heavy (non-hydrogen) atoms. The first-order valence-electron chi connectivity index (χ1n) is 13.7. The van der Waals surface area contributed by atoms with Gasteiger partial charge in [0.05, 0.1) is 5.92 Å². The van der Waals surface area contributed by atoms with Crippen LogP contribution in [0.5, 0.6) is 5.75 Å². The minimum absolute atomic E-state index is 0.0359. The van der Waals surface area contributed by atoms with Gasteiger partial charge in [0.25, 0.3) is 5.91 Å². The van der Waals surface area contributed by atoms with Crippen LogP contribution in [0.2, 0.25) is 0 Å².